The molecule has 1 rings (SSSR count). The van der Waals surface area contributed by atoms with Gasteiger partial charge in [0.25, 0.3) is 0 Å². The lowest BCUT2D eigenvalue weighted by Gasteiger charge is -2.12. The molecule has 0 atom stereocenters. The van der Waals surface area contributed by atoms with Crippen LogP contribution in [0.2, 0.25) is 0 Å². The summed E-state index contributed by atoms with van der Waals surface area (Å²) in [4.78, 5) is 4.61. The molecule has 7 heteroatoms. The van der Waals surface area contributed by atoms with Crippen LogP contribution >= 0.6 is 47.5 Å². The third kappa shape index (κ3) is 9.66. The zero-order valence-corrected chi connectivity index (χ0v) is 18.0. The molecule has 23 heavy (non-hydrogen) atoms. The SMILES string of the molecule is CCNC(=NCc1ccc(F)cc1CSC)NCCCSC.I. The molecule has 0 aromatic heterocycles. The smallest absolute Gasteiger partial charge is 0.191 e. The summed E-state index contributed by atoms with van der Waals surface area (Å²) in [5, 5.41) is 6.58. The number of benzene rings is 1. The minimum atomic E-state index is -0.182. The molecule has 2 N–H and O–H groups in total. The zero-order chi connectivity index (χ0) is 16.2. The monoisotopic (exact) mass is 471 g/mol. The molecule has 0 amide bonds. The van der Waals surface area contributed by atoms with Crippen LogP contribution in [0.1, 0.15) is 24.5 Å². The van der Waals surface area contributed by atoms with Crippen molar-refractivity contribution in [1.29, 1.82) is 0 Å². The third-order valence-corrected chi connectivity index (χ3v) is 4.33. The Hall–Kier alpha value is -0.150. The number of thioether (sulfide) groups is 2. The van der Waals surface area contributed by atoms with E-state index in [0.717, 1.165) is 48.1 Å². The number of nitrogens with zero attached hydrogens (tertiary/aromatic N) is 1. The Balaban J connectivity index is 0.00000484. The second kappa shape index (κ2) is 14.2. The van der Waals surface area contributed by atoms with Gasteiger partial charge in [0.1, 0.15) is 5.82 Å². The van der Waals surface area contributed by atoms with Crippen LogP contribution in [0.4, 0.5) is 4.39 Å². The Morgan fingerprint density at radius 3 is 2.61 bits per heavy atom. The first-order chi connectivity index (χ1) is 10.7. The van der Waals surface area contributed by atoms with Gasteiger partial charge in [0, 0.05) is 18.8 Å². The predicted octanol–water partition coefficient (Wildman–Crippen LogP) is 4.11. The number of halogens is 2. The van der Waals surface area contributed by atoms with E-state index in [1.807, 2.05) is 24.1 Å². The van der Waals surface area contributed by atoms with Crippen molar-refractivity contribution in [3.63, 3.8) is 0 Å². The van der Waals surface area contributed by atoms with Gasteiger partial charge in [0.2, 0.25) is 0 Å². The lowest BCUT2D eigenvalue weighted by molar-refractivity contribution is 0.625. The fraction of sp³-hybridized carbons (Fsp3) is 0.562. The minimum Gasteiger partial charge on any atom is -0.357 e. The average Bonchev–Trinajstić information content (AvgIpc) is 2.51. The molecule has 0 spiro atoms. The number of guanidine groups is 1. The highest BCUT2D eigenvalue weighted by Gasteiger charge is 2.04. The Bertz CT molecular complexity index is 473. The van der Waals surface area contributed by atoms with Crippen LogP contribution in [0.3, 0.4) is 0 Å². The third-order valence-electron chi connectivity index (χ3n) is 3.04. The van der Waals surface area contributed by atoms with Crippen molar-refractivity contribution in [3.8, 4) is 0 Å². The van der Waals surface area contributed by atoms with Crippen LogP contribution in [0.5, 0.6) is 0 Å². The van der Waals surface area contributed by atoms with Crippen molar-refractivity contribution in [2.45, 2.75) is 25.6 Å². The highest BCUT2D eigenvalue weighted by molar-refractivity contribution is 14.0. The van der Waals surface area contributed by atoms with Gasteiger partial charge < -0.3 is 10.6 Å². The van der Waals surface area contributed by atoms with E-state index in [9.17, 15) is 4.39 Å². The Kier molecular flexibility index (Phi) is 14.1. The first-order valence-corrected chi connectivity index (χ1v) is 10.3. The van der Waals surface area contributed by atoms with E-state index in [1.54, 1.807) is 17.8 Å². The zero-order valence-electron chi connectivity index (χ0n) is 14.0. The van der Waals surface area contributed by atoms with Crippen LogP contribution in [-0.2, 0) is 12.3 Å². The molecule has 0 aliphatic heterocycles. The Labute approximate surface area is 165 Å². The van der Waals surface area contributed by atoms with Crippen molar-refractivity contribution in [2.75, 3.05) is 31.4 Å². The number of hydrogen-bond acceptors (Lipinski definition) is 3. The molecule has 1 aromatic rings. The Morgan fingerprint density at radius 1 is 1.17 bits per heavy atom. The van der Waals surface area contributed by atoms with Crippen LogP contribution in [0.15, 0.2) is 23.2 Å². The summed E-state index contributed by atoms with van der Waals surface area (Å²) in [6.45, 7) is 4.35. The largest absolute Gasteiger partial charge is 0.357 e. The molecule has 0 aliphatic carbocycles. The van der Waals surface area contributed by atoms with E-state index < -0.39 is 0 Å². The summed E-state index contributed by atoms with van der Waals surface area (Å²) in [7, 11) is 0. The minimum absolute atomic E-state index is 0. The number of hydrogen-bond donors (Lipinski definition) is 2. The van der Waals surface area contributed by atoms with E-state index in [0.29, 0.717) is 6.54 Å². The first-order valence-electron chi connectivity index (χ1n) is 7.48. The molecular formula is C16H27FIN3S2. The van der Waals surface area contributed by atoms with E-state index in [1.165, 1.54) is 6.07 Å². The summed E-state index contributed by atoms with van der Waals surface area (Å²) in [5.41, 5.74) is 2.10. The van der Waals surface area contributed by atoms with Crippen molar-refractivity contribution in [1.82, 2.24) is 10.6 Å². The fourth-order valence-corrected chi connectivity index (χ4v) is 2.98. The van der Waals surface area contributed by atoms with Gasteiger partial charge in [-0.25, -0.2) is 9.38 Å². The second-order valence-electron chi connectivity index (χ2n) is 4.81. The normalized spacial score (nSPS) is 11.0. The standard InChI is InChI=1S/C16H26FN3S2.HI/c1-4-18-16(19-8-5-9-21-2)20-11-13-6-7-15(17)10-14(13)12-22-3;/h6-7,10H,4-5,8-9,11-12H2,1-3H3,(H2,18,19,20);1H. The van der Waals surface area contributed by atoms with Gasteiger partial charge in [-0.3, -0.25) is 0 Å². The number of rotatable bonds is 9. The maximum atomic E-state index is 13.4. The first kappa shape index (κ1) is 22.9. The van der Waals surface area contributed by atoms with Crippen molar-refractivity contribution < 1.29 is 4.39 Å². The molecule has 132 valence electrons. The van der Waals surface area contributed by atoms with Crippen molar-refractivity contribution >= 4 is 53.5 Å². The molecule has 0 bridgehead atoms. The number of nitrogens with one attached hydrogen (secondary N) is 2. The average molecular weight is 471 g/mol. The summed E-state index contributed by atoms with van der Waals surface area (Å²) in [5.74, 6) is 2.59. The quantitative estimate of drug-likeness (QED) is 0.246. The van der Waals surface area contributed by atoms with Gasteiger partial charge in [0.15, 0.2) is 5.96 Å². The lowest BCUT2D eigenvalue weighted by atomic mass is 10.1. The van der Waals surface area contributed by atoms with E-state index in [4.69, 9.17) is 0 Å². The highest BCUT2D eigenvalue weighted by atomic mass is 127. The van der Waals surface area contributed by atoms with Gasteiger partial charge in [-0.1, -0.05) is 6.07 Å². The van der Waals surface area contributed by atoms with Gasteiger partial charge >= 0.3 is 0 Å². The van der Waals surface area contributed by atoms with Crippen LogP contribution in [-0.4, -0.2) is 37.3 Å². The van der Waals surface area contributed by atoms with Gasteiger partial charge in [-0.05, 0) is 54.9 Å². The molecule has 0 radical (unpaired) electrons. The molecule has 1 aromatic carbocycles. The molecule has 0 aliphatic rings. The van der Waals surface area contributed by atoms with E-state index in [-0.39, 0.29) is 29.8 Å². The summed E-state index contributed by atoms with van der Waals surface area (Å²) in [6.07, 6.45) is 5.25. The number of aliphatic imine (C=N–C) groups is 1. The molecule has 0 unspecified atom stereocenters. The van der Waals surface area contributed by atoms with Crippen LogP contribution in [0, 0.1) is 5.82 Å². The fourth-order valence-electron chi connectivity index (χ4n) is 1.97. The topological polar surface area (TPSA) is 36.4 Å². The van der Waals surface area contributed by atoms with Crippen LogP contribution < -0.4 is 10.6 Å². The maximum Gasteiger partial charge on any atom is 0.191 e. The van der Waals surface area contributed by atoms with E-state index >= 15 is 0 Å². The van der Waals surface area contributed by atoms with E-state index in [2.05, 4.69) is 28.8 Å². The van der Waals surface area contributed by atoms with Gasteiger partial charge in [-0.2, -0.15) is 23.5 Å². The van der Waals surface area contributed by atoms with Gasteiger partial charge in [-0.15, -0.1) is 24.0 Å². The highest BCUT2D eigenvalue weighted by Crippen LogP contribution is 2.17. The summed E-state index contributed by atoms with van der Waals surface area (Å²) in [6, 6.07) is 4.95. The molecule has 0 saturated heterocycles. The van der Waals surface area contributed by atoms with Gasteiger partial charge in [0.05, 0.1) is 6.54 Å². The van der Waals surface area contributed by atoms with Crippen LogP contribution in [0.25, 0.3) is 0 Å². The van der Waals surface area contributed by atoms with Crippen molar-refractivity contribution in [3.05, 3.63) is 35.1 Å². The summed E-state index contributed by atoms with van der Waals surface area (Å²) < 4.78 is 13.4. The summed E-state index contributed by atoms with van der Waals surface area (Å²) >= 11 is 3.54. The molecule has 3 nitrogen and oxygen atoms in total. The molecule has 0 heterocycles. The Morgan fingerprint density at radius 2 is 1.96 bits per heavy atom. The van der Waals surface area contributed by atoms with Crippen molar-refractivity contribution in [2.24, 2.45) is 4.99 Å². The predicted molar refractivity (Wildman–Crippen MR) is 115 cm³/mol. The lowest BCUT2D eigenvalue weighted by Crippen LogP contribution is -2.37. The maximum absolute atomic E-state index is 13.4. The molecule has 0 fully saturated rings. The molecular weight excluding hydrogens is 444 g/mol. The second-order valence-corrected chi connectivity index (χ2v) is 6.67. The molecule has 0 saturated carbocycles.